The van der Waals surface area contributed by atoms with E-state index >= 15 is 0 Å². The fourth-order valence-electron chi connectivity index (χ4n) is 2.83. The van der Waals surface area contributed by atoms with Gasteiger partial charge in [-0.25, -0.2) is 13.4 Å². The van der Waals surface area contributed by atoms with Crippen LogP contribution >= 0.6 is 0 Å². The highest BCUT2D eigenvalue weighted by molar-refractivity contribution is 7.89. The Balaban J connectivity index is 1.79. The van der Waals surface area contributed by atoms with Gasteiger partial charge in [-0.15, -0.1) is 0 Å². The van der Waals surface area contributed by atoms with Crippen LogP contribution in [0.1, 0.15) is 24.1 Å². The minimum absolute atomic E-state index is 0.0629. The number of aromatic nitrogens is 3. The van der Waals surface area contributed by atoms with Crippen LogP contribution in [0.5, 0.6) is 0 Å². The van der Waals surface area contributed by atoms with E-state index in [2.05, 4.69) is 15.4 Å². The summed E-state index contributed by atoms with van der Waals surface area (Å²) >= 11 is 0. The molecule has 0 unspecified atom stereocenters. The lowest BCUT2D eigenvalue weighted by Gasteiger charge is -2.16. The first-order valence-corrected chi connectivity index (χ1v) is 9.42. The Hall–Kier alpha value is -2.14. The number of hydrogen-bond acceptors (Lipinski definition) is 5. The molecule has 1 N–H and O–H groups in total. The van der Waals surface area contributed by atoms with E-state index in [1.165, 1.54) is 29.7 Å². The summed E-state index contributed by atoms with van der Waals surface area (Å²) in [5, 5.41) is 6.39. The summed E-state index contributed by atoms with van der Waals surface area (Å²) in [4.78, 5) is 4.06. The molecule has 1 aliphatic heterocycles. The van der Waals surface area contributed by atoms with Crippen molar-refractivity contribution >= 4 is 15.8 Å². The van der Waals surface area contributed by atoms with Crippen LogP contribution < -0.4 is 5.32 Å². The predicted molar refractivity (Wildman–Crippen MR) is 87.8 cm³/mol. The monoisotopic (exact) mass is 389 g/mol. The normalized spacial score (nSPS) is 16.2. The zero-order chi connectivity index (χ0) is 18.9. The van der Waals surface area contributed by atoms with Crippen LogP contribution in [-0.2, 0) is 29.8 Å². The lowest BCUT2D eigenvalue weighted by Crippen LogP contribution is -2.28. The SMILES string of the molecule is Cn1ncc(C(F)(F)F)c1CNc1cc(S(=O)(=O)N2CCCC2)ccn1. The molecule has 7 nitrogen and oxygen atoms in total. The van der Waals surface area contributed by atoms with Crippen molar-refractivity contribution in [3.8, 4) is 0 Å². The zero-order valence-electron chi connectivity index (χ0n) is 14.0. The Bertz CT molecular complexity index is 889. The lowest BCUT2D eigenvalue weighted by atomic mass is 10.2. The first kappa shape index (κ1) is 18.6. The van der Waals surface area contributed by atoms with E-state index in [4.69, 9.17) is 0 Å². The van der Waals surface area contributed by atoms with Crippen molar-refractivity contribution in [2.24, 2.45) is 7.05 Å². The maximum absolute atomic E-state index is 13.0. The van der Waals surface area contributed by atoms with Crippen LogP contribution in [0.2, 0.25) is 0 Å². The van der Waals surface area contributed by atoms with Gasteiger partial charge >= 0.3 is 6.18 Å². The van der Waals surface area contributed by atoms with Gasteiger partial charge in [0, 0.05) is 32.4 Å². The molecule has 1 fully saturated rings. The van der Waals surface area contributed by atoms with Gasteiger partial charge in [0.05, 0.1) is 28.9 Å². The Morgan fingerprint density at radius 3 is 2.62 bits per heavy atom. The van der Waals surface area contributed by atoms with Gasteiger partial charge in [-0.1, -0.05) is 0 Å². The number of pyridine rings is 1. The number of nitrogens with one attached hydrogen (secondary N) is 1. The van der Waals surface area contributed by atoms with E-state index in [0.717, 1.165) is 23.7 Å². The van der Waals surface area contributed by atoms with Crippen LogP contribution in [0, 0.1) is 0 Å². The molecule has 26 heavy (non-hydrogen) atoms. The van der Waals surface area contributed by atoms with Crippen molar-refractivity contribution in [1.82, 2.24) is 19.1 Å². The smallest absolute Gasteiger partial charge is 0.364 e. The molecule has 0 aromatic carbocycles. The van der Waals surface area contributed by atoms with Gasteiger partial charge in [0.25, 0.3) is 0 Å². The molecule has 11 heteroatoms. The second-order valence-corrected chi connectivity index (χ2v) is 7.91. The van der Waals surface area contributed by atoms with Gasteiger partial charge in [-0.2, -0.15) is 22.6 Å². The number of aryl methyl sites for hydroxylation is 1. The van der Waals surface area contributed by atoms with E-state index in [1.54, 1.807) is 0 Å². The zero-order valence-corrected chi connectivity index (χ0v) is 14.8. The van der Waals surface area contributed by atoms with Crippen molar-refractivity contribution in [3.63, 3.8) is 0 Å². The van der Waals surface area contributed by atoms with E-state index in [1.807, 2.05) is 0 Å². The number of anilines is 1. The molecular weight excluding hydrogens is 371 g/mol. The van der Waals surface area contributed by atoms with E-state index in [-0.39, 0.29) is 23.0 Å². The predicted octanol–water partition coefficient (Wildman–Crippen LogP) is 2.23. The molecule has 0 atom stereocenters. The third-order valence-electron chi connectivity index (χ3n) is 4.24. The second-order valence-electron chi connectivity index (χ2n) is 5.97. The summed E-state index contributed by atoms with van der Waals surface area (Å²) in [6.07, 6.45) is -0.802. The Morgan fingerprint density at radius 2 is 1.96 bits per heavy atom. The average Bonchev–Trinajstić information content (AvgIpc) is 3.23. The Morgan fingerprint density at radius 1 is 1.27 bits per heavy atom. The molecule has 3 heterocycles. The molecule has 0 saturated carbocycles. The highest BCUT2D eigenvalue weighted by Crippen LogP contribution is 2.32. The molecule has 2 aromatic heterocycles. The molecule has 1 aliphatic rings. The minimum Gasteiger partial charge on any atom is -0.364 e. The third-order valence-corrected chi connectivity index (χ3v) is 6.13. The van der Waals surface area contributed by atoms with Gasteiger partial charge in [0.15, 0.2) is 0 Å². The molecular formula is C15H18F3N5O2S. The average molecular weight is 389 g/mol. The number of sulfonamides is 1. The summed E-state index contributed by atoms with van der Waals surface area (Å²) in [7, 11) is -2.21. The molecule has 1 saturated heterocycles. The van der Waals surface area contributed by atoms with Crippen molar-refractivity contribution in [3.05, 3.63) is 35.8 Å². The fourth-order valence-corrected chi connectivity index (χ4v) is 4.36. The third kappa shape index (κ3) is 3.68. The van der Waals surface area contributed by atoms with Crippen molar-refractivity contribution in [2.75, 3.05) is 18.4 Å². The van der Waals surface area contributed by atoms with Crippen LogP contribution in [0.15, 0.2) is 29.4 Å². The number of rotatable bonds is 5. The highest BCUT2D eigenvalue weighted by atomic mass is 32.2. The molecule has 0 amide bonds. The van der Waals surface area contributed by atoms with Gasteiger partial charge in [0.2, 0.25) is 10.0 Å². The maximum atomic E-state index is 13.0. The molecule has 0 bridgehead atoms. The summed E-state index contributed by atoms with van der Waals surface area (Å²) in [6, 6.07) is 2.71. The molecule has 0 spiro atoms. The van der Waals surface area contributed by atoms with Gasteiger partial charge in [0.1, 0.15) is 5.82 Å². The topological polar surface area (TPSA) is 80.1 Å². The number of alkyl halides is 3. The van der Waals surface area contributed by atoms with Gasteiger partial charge < -0.3 is 5.32 Å². The largest absolute Gasteiger partial charge is 0.419 e. The highest BCUT2D eigenvalue weighted by Gasteiger charge is 2.35. The van der Waals surface area contributed by atoms with E-state index < -0.39 is 21.8 Å². The summed E-state index contributed by atoms with van der Waals surface area (Å²) in [5.41, 5.74) is -0.902. The first-order valence-electron chi connectivity index (χ1n) is 7.98. The summed E-state index contributed by atoms with van der Waals surface area (Å²) in [6.45, 7) is 0.750. The standard InChI is InChI=1S/C15H18F3N5O2S/c1-22-13(12(9-21-22)15(16,17)18)10-20-14-8-11(4-5-19-14)26(24,25)23-6-2-3-7-23/h4-5,8-9H,2-3,6-7,10H2,1H3,(H,19,20). The van der Waals surface area contributed by atoms with Gasteiger partial charge in [-0.05, 0) is 18.9 Å². The molecule has 142 valence electrons. The van der Waals surface area contributed by atoms with Crippen LogP contribution in [0.3, 0.4) is 0 Å². The Labute approximate surface area is 148 Å². The van der Waals surface area contributed by atoms with E-state index in [0.29, 0.717) is 13.1 Å². The molecule has 0 radical (unpaired) electrons. The number of nitrogens with zero attached hydrogens (tertiary/aromatic N) is 4. The maximum Gasteiger partial charge on any atom is 0.419 e. The van der Waals surface area contributed by atoms with Gasteiger partial charge in [-0.3, -0.25) is 4.68 Å². The first-order chi connectivity index (χ1) is 12.2. The van der Waals surface area contributed by atoms with Crippen LogP contribution in [0.4, 0.5) is 19.0 Å². The quantitative estimate of drug-likeness (QED) is 0.848. The minimum atomic E-state index is -4.51. The molecule has 0 aliphatic carbocycles. The van der Waals surface area contributed by atoms with Crippen molar-refractivity contribution in [1.29, 1.82) is 0 Å². The van der Waals surface area contributed by atoms with Crippen LogP contribution in [-0.4, -0.2) is 40.6 Å². The van der Waals surface area contributed by atoms with Crippen molar-refractivity contribution < 1.29 is 21.6 Å². The number of hydrogen-bond donors (Lipinski definition) is 1. The molecule has 2 aromatic rings. The van der Waals surface area contributed by atoms with E-state index in [9.17, 15) is 21.6 Å². The lowest BCUT2D eigenvalue weighted by molar-refractivity contribution is -0.138. The summed E-state index contributed by atoms with van der Waals surface area (Å²) in [5.74, 6) is 0.180. The Kier molecular flexibility index (Phi) is 4.93. The van der Waals surface area contributed by atoms with Crippen LogP contribution in [0.25, 0.3) is 0 Å². The molecule has 3 rings (SSSR count). The fraction of sp³-hybridized carbons (Fsp3) is 0.467. The summed E-state index contributed by atoms with van der Waals surface area (Å²) < 4.78 is 66.7. The number of halogens is 3. The van der Waals surface area contributed by atoms with Crippen molar-refractivity contribution in [2.45, 2.75) is 30.5 Å². The second kappa shape index (κ2) is 6.88.